The van der Waals surface area contributed by atoms with Gasteiger partial charge in [0, 0.05) is 17.4 Å². The number of rotatable bonds is 5. The van der Waals surface area contributed by atoms with Gasteiger partial charge >= 0.3 is 0 Å². The van der Waals surface area contributed by atoms with Gasteiger partial charge in [0.05, 0.1) is 23.2 Å². The second-order valence-electron chi connectivity index (χ2n) is 5.25. The Hall–Kier alpha value is -2.22. The maximum atomic E-state index is 12.4. The van der Waals surface area contributed by atoms with Crippen LogP contribution in [0.15, 0.2) is 30.3 Å². The second-order valence-corrected chi connectivity index (χ2v) is 6.37. The molecule has 2 aromatic heterocycles. The van der Waals surface area contributed by atoms with Crippen LogP contribution < -0.4 is 11.1 Å². The first-order valence-electron chi connectivity index (χ1n) is 7.28. The summed E-state index contributed by atoms with van der Waals surface area (Å²) in [4.78, 5) is 20.7. The van der Waals surface area contributed by atoms with Crippen LogP contribution in [0.3, 0.4) is 0 Å². The molecule has 1 atom stereocenters. The molecular weight excluding hydrogens is 312 g/mol. The van der Waals surface area contributed by atoms with Crippen molar-refractivity contribution in [2.75, 3.05) is 6.54 Å². The van der Waals surface area contributed by atoms with Crippen molar-refractivity contribution in [3.63, 3.8) is 0 Å². The zero-order valence-electron chi connectivity index (χ0n) is 12.7. The van der Waals surface area contributed by atoms with Crippen LogP contribution in [0.5, 0.6) is 0 Å². The summed E-state index contributed by atoms with van der Waals surface area (Å²) in [5.74, 6) is -0.227. The van der Waals surface area contributed by atoms with E-state index in [1.165, 1.54) is 11.3 Å². The number of benzene rings is 1. The number of carbonyl (C=O) groups is 1. The second kappa shape index (κ2) is 6.49. The van der Waals surface area contributed by atoms with Crippen molar-refractivity contribution in [1.82, 2.24) is 15.3 Å². The fourth-order valence-electron chi connectivity index (χ4n) is 2.40. The third-order valence-corrected chi connectivity index (χ3v) is 4.92. The Morgan fingerprint density at radius 2 is 2.26 bits per heavy atom. The van der Waals surface area contributed by atoms with Gasteiger partial charge in [0.2, 0.25) is 0 Å². The maximum absolute atomic E-state index is 12.4. The molecule has 0 aliphatic carbocycles. The number of aliphatic hydroxyl groups excluding tert-OH is 1. The van der Waals surface area contributed by atoms with Gasteiger partial charge in [-0.1, -0.05) is 18.2 Å². The number of hydrogen-bond acceptors (Lipinski definition) is 5. The molecule has 0 unspecified atom stereocenters. The van der Waals surface area contributed by atoms with E-state index in [1.807, 2.05) is 37.3 Å². The van der Waals surface area contributed by atoms with Crippen LogP contribution in [0, 0.1) is 6.92 Å². The van der Waals surface area contributed by atoms with Crippen molar-refractivity contribution in [1.29, 1.82) is 0 Å². The van der Waals surface area contributed by atoms with Crippen LogP contribution in [-0.2, 0) is 6.61 Å². The van der Waals surface area contributed by atoms with E-state index in [0.29, 0.717) is 10.7 Å². The van der Waals surface area contributed by atoms with Crippen LogP contribution in [0.1, 0.15) is 32.1 Å². The first kappa shape index (κ1) is 15.7. The summed E-state index contributed by atoms with van der Waals surface area (Å²) in [5, 5.41) is 13.9. The van der Waals surface area contributed by atoms with E-state index in [-0.39, 0.29) is 25.1 Å². The average molecular weight is 330 g/mol. The van der Waals surface area contributed by atoms with Crippen molar-refractivity contribution < 1.29 is 9.90 Å². The number of aromatic amines is 1. The number of nitrogens with one attached hydrogen (secondary N) is 2. The molecule has 0 spiro atoms. The molecule has 0 saturated carbocycles. The van der Waals surface area contributed by atoms with E-state index in [1.54, 1.807) is 0 Å². The summed E-state index contributed by atoms with van der Waals surface area (Å²) in [7, 11) is 0. The molecule has 0 bridgehead atoms. The number of amides is 1. The van der Waals surface area contributed by atoms with Crippen molar-refractivity contribution in [3.8, 4) is 0 Å². The molecule has 120 valence electrons. The Bertz CT molecular complexity index is 807. The molecule has 1 aromatic carbocycles. The predicted octanol–water partition coefficient (Wildman–Crippen LogP) is 1.85. The highest BCUT2D eigenvalue weighted by Crippen LogP contribution is 2.24. The van der Waals surface area contributed by atoms with Crippen LogP contribution in [0.25, 0.3) is 10.9 Å². The van der Waals surface area contributed by atoms with E-state index in [4.69, 9.17) is 5.73 Å². The molecule has 3 rings (SSSR count). The Kier molecular flexibility index (Phi) is 4.42. The molecule has 1 amide bonds. The lowest BCUT2D eigenvalue weighted by atomic mass is 10.2. The minimum atomic E-state index is -0.377. The third kappa shape index (κ3) is 3.12. The Morgan fingerprint density at radius 1 is 1.48 bits per heavy atom. The summed E-state index contributed by atoms with van der Waals surface area (Å²) in [6, 6.07) is 9.14. The summed E-state index contributed by atoms with van der Waals surface area (Å²) in [5.41, 5.74) is 7.95. The van der Waals surface area contributed by atoms with Gasteiger partial charge in [0.1, 0.15) is 10.7 Å². The average Bonchev–Trinajstić information content (AvgIpc) is 3.15. The van der Waals surface area contributed by atoms with Crippen LogP contribution in [0.4, 0.5) is 0 Å². The van der Waals surface area contributed by atoms with Crippen molar-refractivity contribution in [3.05, 3.63) is 51.6 Å². The fraction of sp³-hybridized carbons (Fsp3) is 0.250. The molecule has 0 aliphatic rings. The third-order valence-electron chi connectivity index (χ3n) is 3.67. The molecule has 0 fully saturated rings. The van der Waals surface area contributed by atoms with Gasteiger partial charge in [-0.2, -0.15) is 0 Å². The summed E-state index contributed by atoms with van der Waals surface area (Å²) < 4.78 is 0. The number of carbonyl (C=O) groups excluding carboxylic acids is 1. The Balaban J connectivity index is 1.81. The van der Waals surface area contributed by atoms with Gasteiger partial charge in [0.15, 0.2) is 0 Å². The normalized spacial score (nSPS) is 12.5. The van der Waals surface area contributed by atoms with E-state index < -0.39 is 0 Å². The first-order valence-corrected chi connectivity index (χ1v) is 8.09. The van der Waals surface area contributed by atoms with E-state index in [2.05, 4.69) is 15.3 Å². The monoisotopic (exact) mass is 330 g/mol. The van der Waals surface area contributed by atoms with Crippen LogP contribution in [0.2, 0.25) is 0 Å². The fourth-order valence-corrected chi connectivity index (χ4v) is 3.39. The van der Waals surface area contributed by atoms with Crippen molar-refractivity contribution >= 4 is 28.1 Å². The lowest BCUT2D eigenvalue weighted by Gasteiger charge is -2.13. The highest BCUT2D eigenvalue weighted by atomic mass is 32.1. The van der Waals surface area contributed by atoms with Gasteiger partial charge in [-0.25, -0.2) is 4.98 Å². The topological polar surface area (TPSA) is 104 Å². The molecule has 0 aliphatic heterocycles. The number of H-pyrrole nitrogens is 1. The van der Waals surface area contributed by atoms with Crippen LogP contribution >= 0.6 is 11.3 Å². The standard InChI is InChI=1S/C16H18N4O2S/c1-9-14(8-21)23-16(18-9)13(7-17)20-15(22)12-6-10-4-2-3-5-11(10)19-12/h2-6,13,19,21H,7-8,17H2,1H3,(H,20,22)/t13-/m1/s1. The van der Waals surface area contributed by atoms with Gasteiger partial charge in [-0.05, 0) is 19.1 Å². The van der Waals surface area contributed by atoms with Gasteiger partial charge in [0.25, 0.3) is 5.91 Å². The van der Waals surface area contributed by atoms with E-state index >= 15 is 0 Å². The van der Waals surface area contributed by atoms with Gasteiger partial charge in [-0.3, -0.25) is 4.79 Å². The van der Waals surface area contributed by atoms with Crippen molar-refractivity contribution in [2.45, 2.75) is 19.6 Å². The van der Waals surface area contributed by atoms with Crippen molar-refractivity contribution in [2.24, 2.45) is 5.73 Å². The molecule has 2 heterocycles. The zero-order valence-corrected chi connectivity index (χ0v) is 13.5. The lowest BCUT2D eigenvalue weighted by Crippen LogP contribution is -2.33. The molecule has 23 heavy (non-hydrogen) atoms. The summed E-state index contributed by atoms with van der Waals surface area (Å²) in [6.07, 6.45) is 0. The smallest absolute Gasteiger partial charge is 0.268 e. The highest BCUT2D eigenvalue weighted by molar-refractivity contribution is 7.11. The van der Waals surface area contributed by atoms with Crippen LogP contribution in [-0.4, -0.2) is 27.5 Å². The number of nitrogens with zero attached hydrogens (tertiary/aromatic N) is 1. The van der Waals surface area contributed by atoms with E-state index in [0.717, 1.165) is 21.5 Å². The van der Waals surface area contributed by atoms with Gasteiger partial charge in [-0.15, -0.1) is 11.3 Å². The zero-order chi connectivity index (χ0) is 16.4. The Labute approximate surface area is 137 Å². The number of hydrogen-bond donors (Lipinski definition) is 4. The SMILES string of the molecule is Cc1nc([C@@H](CN)NC(=O)c2cc3ccccc3[nH]2)sc1CO. The lowest BCUT2D eigenvalue weighted by molar-refractivity contribution is 0.0933. The summed E-state index contributed by atoms with van der Waals surface area (Å²) >= 11 is 1.37. The van der Waals surface area contributed by atoms with Gasteiger partial charge < -0.3 is 21.1 Å². The number of nitrogens with two attached hydrogens (primary N) is 1. The first-order chi connectivity index (χ1) is 11.1. The molecule has 5 N–H and O–H groups in total. The number of para-hydroxylation sites is 1. The molecular formula is C16H18N4O2S. The molecule has 7 heteroatoms. The predicted molar refractivity (Wildman–Crippen MR) is 90.3 cm³/mol. The minimum Gasteiger partial charge on any atom is -0.391 e. The largest absolute Gasteiger partial charge is 0.391 e. The maximum Gasteiger partial charge on any atom is 0.268 e. The number of fused-ring (bicyclic) bond motifs is 1. The number of aryl methyl sites for hydroxylation is 1. The number of aromatic nitrogens is 2. The highest BCUT2D eigenvalue weighted by Gasteiger charge is 2.20. The molecule has 3 aromatic rings. The Morgan fingerprint density at radius 3 is 2.91 bits per heavy atom. The summed E-state index contributed by atoms with van der Waals surface area (Å²) in [6.45, 7) is 2.01. The van der Waals surface area contributed by atoms with E-state index in [9.17, 15) is 9.90 Å². The minimum absolute atomic E-state index is 0.0588. The number of aliphatic hydroxyl groups is 1. The number of thiazole rings is 1. The quantitative estimate of drug-likeness (QED) is 0.573. The molecule has 0 saturated heterocycles. The molecule has 6 nitrogen and oxygen atoms in total. The molecule has 0 radical (unpaired) electrons.